The van der Waals surface area contributed by atoms with Crippen LogP contribution in [0.25, 0.3) is 10.9 Å². The number of non-ortho nitro benzene ring substituents is 1. The molecule has 2 aromatic rings. The minimum atomic E-state index is -0.354. The molecule has 0 saturated heterocycles. The number of nitro benzene ring substituents is 1. The molecule has 0 radical (unpaired) electrons. The van der Waals surface area contributed by atoms with Gasteiger partial charge in [-0.2, -0.15) is 0 Å². The average molecular weight is 285 g/mol. The highest BCUT2D eigenvalue weighted by molar-refractivity contribution is 5.96. The van der Waals surface area contributed by atoms with Gasteiger partial charge in [-0.05, 0) is 36.5 Å². The van der Waals surface area contributed by atoms with E-state index in [0.29, 0.717) is 16.9 Å². The second kappa shape index (κ2) is 4.98. The summed E-state index contributed by atoms with van der Waals surface area (Å²) in [6.45, 7) is 4.53. The summed E-state index contributed by atoms with van der Waals surface area (Å²) in [5.41, 5.74) is 1.91. The molecule has 1 saturated carbocycles. The molecule has 1 aliphatic carbocycles. The number of pyridine rings is 1. The Morgan fingerprint density at radius 2 is 2.19 bits per heavy atom. The van der Waals surface area contributed by atoms with Gasteiger partial charge < -0.3 is 5.32 Å². The maximum absolute atomic E-state index is 11.1. The van der Waals surface area contributed by atoms with Gasteiger partial charge in [0.1, 0.15) is 5.52 Å². The van der Waals surface area contributed by atoms with E-state index in [4.69, 9.17) is 0 Å². The summed E-state index contributed by atoms with van der Waals surface area (Å²) in [5, 5.41) is 15.3. The van der Waals surface area contributed by atoms with Crippen LogP contribution in [0.4, 0.5) is 11.4 Å². The van der Waals surface area contributed by atoms with E-state index in [1.165, 1.54) is 12.8 Å². The predicted molar refractivity (Wildman–Crippen MR) is 83.4 cm³/mol. The molecular weight excluding hydrogens is 266 g/mol. The molecule has 21 heavy (non-hydrogen) atoms. The van der Waals surface area contributed by atoms with Crippen LogP contribution < -0.4 is 5.32 Å². The second-order valence-electron chi connectivity index (χ2n) is 6.37. The van der Waals surface area contributed by atoms with E-state index in [0.717, 1.165) is 12.1 Å². The van der Waals surface area contributed by atoms with Crippen LogP contribution in [-0.4, -0.2) is 15.9 Å². The zero-order chi connectivity index (χ0) is 15.0. The molecule has 110 valence electrons. The maximum atomic E-state index is 11.1. The first-order valence-electron chi connectivity index (χ1n) is 7.28. The van der Waals surface area contributed by atoms with Crippen LogP contribution in [0.15, 0.2) is 30.5 Å². The van der Waals surface area contributed by atoms with Gasteiger partial charge in [0, 0.05) is 18.3 Å². The highest BCUT2D eigenvalue weighted by atomic mass is 16.6. The van der Waals surface area contributed by atoms with Gasteiger partial charge in [0.2, 0.25) is 0 Å². The number of benzene rings is 1. The summed E-state index contributed by atoms with van der Waals surface area (Å²) in [6.07, 6.45) is 5.21. The molecular formula is C16H19N3O2. The molecule has 1 atom stereocenters. The van der Waals surface area contributed by atoms with E-state index in [9.17, 15) is 10.1 Å². The highest BCUT2D eigenvalue weighted by Gasteiger charge is 2.34. The van der Waals surface area contributed by atoms with E-state index in [1.54, 1.807) is 30.5 Å². The van der Waals surface area contributed by atoms with E-state index in [-0.39, 0.29) is 16.0 Å². The quantitative estimate of drug-likeness (QED) is 0.680. The number of rotatable bonds is 3. The number of fused-ring (bicyclic) bond motifs is 1. The molecule has 1 aromatic heterocycles. The van der Waals surface area contributed by atoms with Crippen LogP contribution in [0, 0.1) is 15.5 Å². The molecule has 1 fully saturated rings. The number of nitrogens with zero attached hydrogens (tertiary/aromatic N) is 2. The average Bonchev–Trinajstić information content (AvgIpc) is 2.78. The Balaban J connectivity index is 2.04. The number of aromatic nitrogens is 1. The van der Waals surface area contributed by atoms with Crippen molar-refractivity contribution in [3.05, 3.63) is 40.6 Å². The van der Waals surface area contributed by atoms with Crippen LogP contribution in [-0.2, 0) is 0 Å². The predicted octanol–water partition coefficient (Wildman–Crippen LogP) is 4.13. The van der Waals surface area contributed by atoms with Crippen molar-refractivity contribution in [2.45, 2.75) is 39.2 Å². The van der Waals surface area contributed by atoms with E-state index in [2.05, 4.69) is 24.1 Å². The molecule has 3 rings (SSSR count). The van der Waals surface area contributed by atoms with Crippen molar-refractivity contribution in [2.24, 2.45) is 5.41 Å². The SMILES string of the molecule is CC1(C)CCCC1Nc1ccc([N+](=O)[O-])c2cccnc12. The fraction of sp³-hybridized carbons (Fsp3) is 0.438. The van der Waals surface area contributed by atoms with Gasteiger partial charge in [0.25, 0.3) is 5.69 Å². The lowest BCUT2D eigenvalue weighted by molar-refractivity contribution is -0.383. The largest absolute Gasteiger partial charge is 0.380 e. The van der Waals surface area contributed by atoms with Crippen molar-refractivity contribution in [1.29, 1.82) is 0 Å². The maximum Gasteiger partial charge on any atom is 0.278 e. The molecule has 1 unspecified atom stereocenters. The van der Waals surface area contributed by atoms with Gasteiger partial charge in [-0.25, -0.2) is 0 Å². The third kappa shape index (κ3) is 2.44. The topological polar surface area (TPSA) is 68.1 Å². The zero-order valence-corrected chi connectivity index (χ0v) is 12.3. The summed E-state index contributed by atoms with van der Waals surface area (Å²) in [4.78, 5) is 15.1. The molecule has 0 bridgehead atoms. The highest BCUT2D eigenvalue weighted by Crippen LogP contribution is 2.40. The van der Waals surface area contributed by atoms with Crippen molar-refractivity contribution in [2.75, 3.05) is 5.32 Å². The van der Waals surface area contributed by atoms with Crippen molar-refractivity contribution in [3.8, 4) is 0 Å². The smallest absolute Gasteiger partial charge is 0.278 e. The van der Waals surface area contributed by atoms with Crippen molar-refractivity contribution < 1.29 is 4.92 Å². The van der Waals surface area contributed by atoms with E-state index >= 15 is 0 Å². The second-order valence-corrected chi connectivity index (χ2v) is 6.37. The molecule has 1 aromatic carbocycles. The summed E-state index contributed by atoms with van der Waals surface area (Å²) < 4.78 is 0. The van der Waals surface area contributed by atoms with Crippen LogP contribution in [0.3, 0.4) is 0 Å². The molecule has 5 nitrogen and oxygen atoms in total. The lowest BCUT2D eigenvalue weighted by atomic mass is 9.87. The number of nitro groups is 1. The normalized spacial score (nSPS) is 20.6. The Morgan fingerprint density at radius 1 is 1.38 bits per heavy atom. The summed E-state index contributed by atoms with van der Waals surface area (Å²) >= 11 is 0. The number of nitrogens with one attached hydrogen (secondary N) is 1. The third-order valence-corrected chi connectivity index (χ3v) is 4.53. The summed E-state index contributed by atoms with van der Waals surface area (Å²) in [5.74, 6) is 0. The first-order valence-corrected chi connectivity index (χ1v) is 7.28. The molecule has 0 spiro atoms. The number of anilines is 1. The lowest BCUT2D eigenvalue weighted by Gasteiger charge is -2.29. The van der Waals surface area contributed by atoms with Gasteiger partial charge in [0.05, 0.1) is 16.0 Å². The monoisotopic (exact) mass is 285 g/mol. The standard InChI is InChI=1S/C16H19N3O2/c1-16(2)9-3-6-14(16)18-12-7-8-13(19(20)21)11-5-4-10-17-15(11)12/h4-5,7-8,10,14,18H,3,6,9H2,1-2H3. The number of hydrogen-bond donors (Lipinski definition) is 1. The minimum Gasteiger partial charge on any atom is -0.380 e. The van der Waals surface area contributed by atoms with Crippen LogP contribution in [0.5, 0.6) is 0 Å². The van der Waals surface area contributed by atoms with Gasteiger partial charge in [-0.15, -0.1) is 0 Å². The van der Waals surface area contributed by atoms with Crippen LogP contribution >= 0.6 is 0 Å². The van der Waals surface area contributed by atoms with Crippen LogP contribution in [0.1, 0.15) is 33.1 Å². The fourth-order valence-electron chi connectivity index (χ4n) is 3.22. The van der Waals surface area contributed by atoms with E-state index < -0.39 is 0 Å². The summed E-state index contributed by atoms with van der Waals surface area (Å²) in [7, 11) is 0. The van der Waals surface area contributed by atoms with Gasteiger partial charge in [-0.3, -0.25) is 15.1 Å². The molecule has 1 N–H and O–H groups in total. The Morgan fingerprint density at radius 3 is 2.86 bits per heavy atom. The zero-order valence-electron chi connectivity index (χ0n) is 12.3. The van der Waals surface area contributed by atoms with Gasteiger partial charge in [-0.1, -0.05) is 20.3 Å². The van der Waals surface area contributed by atoms with Crippen LogP contribution in [0.2, 0.25) is 0 Å². The summed E-state index contributed by atoms with van der Waals surface area (Å²) in [6, 6.07) is 7.21. The minimum absolute atomic E-state index is 0.106. The molecule has 1 aliphatic rings. The first kappa shape index (κ1) is 13.8. The first-order chi connectivity index (χ1) is 9.99. The molecule has 5 heteroatoms. The Bertz CT molecular complexity index is 697. The fourth-order valence-corrected chi connectivity index (χ4v) is 3.22. The van der Waals surface area contributed by atoms with Crippen molar-refractivity contribution >= 4 is 22.3 Å². The van der Waals surface area contributed by atoms with Gasteiger partial charge >= 0.3 is 0 Å². The van der Waals surface area contributed by atoms with E-state index in [1.807, 2.05) is 0 Å². The molecule has 0 amide bonds. The Kier molecular flexibility index (Phi) is 3.27. The van der Waals surface area contributed by atoms with Crippen molar-refractivity contribution in [3.63, 3.8) is 0 Å². The lowest BCUT2D eigenvalue weighted by Crippen LogP contribution is -2.30. The molecule has 0 aliphatic heterocycles. The number of hydrogen-bond acceptors (Lipinski definition) is 4. The third-order valence-electron chi connectivity index (χ3n) is 4.53. The van der Waals surface area contributed by atoms with Gasteiger partial charge in [0.15, 0.2) is 0 Å². The molecule has 1 heterocycles. The Labute approximate surface area is 123 Å². The van der Waals surface area contributed by atoms with Crippen molar-refractivity contribution in [1.82, 2.24) is 4.98 Å². The Hall–Kier alpha value is -2.17.